The molecule has 1 amide bonds. The van der Waals surface area contributed by atoms with Crippen LogP contribution in [0.25, 0.3) is 5.69 Å². The monoisotopic (exact) mass is 345 g/mol. The molecule has 0 spiro atoms. The number of carbonyl (C=O) groups is 1. The summed E-state index contributed by atoms with van der Waals surface area (Å²) in [4.78, 5) is 15.0. The van der Waals surface area contributed by atoms with Crippen LogP contribution in [0, 0.1) is 6.92 Å². The number of nitrogens with zero attached hydrogens (tertiary/aromatic N) is 3. The van der Waals surface area contributed by atoms with Crippen LogP contribution in [0.4, 0.5) is 0 Å². The first kappa shape index (κ1) is 16.9. The van der Waals surface area contributed by atoms with Crippen molar-refractivity contribution in [3.8, 4) is 11.4 Å². The maximum Gasteiger partial charge on any atom is 0.257 e. The van der Waals surface area contributed by atoms with E-state index in [1.54, 1.807) is 29.8 Å². The van der Waals surface area contributed by atoms with Crippen LogP contribution in [0.15, 0.2) is 30.5 Å². The lowest BCUT2D eigenvalue weighted by Gasteiger charge is -2.24. The molecule has 24 heavy (non-hydrogen) atoms. The molecule has 0 radical (unpaired) electrons. The van der Waals surface area contributed by atoms with Crippen LogP contribution in [0.5, 0.6) is 5.75 Å². The van der Waals surface area contributed by atoms with Crippen molar-refractivity contribution >= 4 is 17.7 Å². The van der Waals surface area contributed by atoms with Gasteiger partial charge >= 0.3 is 0 Å². The average molecular weight is 345 g/mol. The minimum absolute atomic E-state index is 0.0881. The zero-order chi connectivity index (χ0) is 17.1. The molecule has 0 bridgehead atoms. The summed E-state index contributed by atoms with van der Waals surface area (Å²) in [5.41, 5.74) is 2.37. The molecule has 1 saturated heterocycles. The molecule has 0 saturated carbocycles. The number of aromatic nitrogens is 2. The molecule has 128 valence electrons. The Kier molecular flexibility index (Phi) is 5.14. The van der Waals surface area contributed by atoms with Crippen LogP contribution >= 0.6 is 11.8 Å². The molecule has 2 aromatic rings. The number of ether oxygens (including phenoxy) is 1. The lowest BCUT2D eigenvalue weighted by Crippen LogP contribution is -2.37. The van der Waals surface area contributed by atoms with E-state index in [4.69, 9.17) is 4.74 Å². The molecule has 1 aliphatic heterocycles. The molecular weight excluding hydrogens is 322 g/mol. The van der Waals surface area contributed by atoms with Crippen molar-refractivity contribution < 1.29 is 9.53 Å². The second-order valence-electron chi connectivity index (χ2n) is 5.98. The van der Waals surface area contributed by atoms with Gasteiger partial charge in [0, 0.05) is 18.3 Å². The summed E-state index contributed by atoms with van der Waals surface area (Å²) in [6, 6.07) is 8.04. The Hall–Kier alpha value is -1.95. The van der Waals surface area contributed by atoms with E-state index in [1.165, 1.54) is 0 Å². The first-order valence-corrected chi connectivity index (χ1v) is 9.54. The van der Waals surface area contributed by atoms with Gasteiger partial charge in [0.2, 0.25) is 0 Å². The number of hydrogen-bond donors (Lipinski definition) is 0. The van der Waals surface area contributed by atoms with Crippen molar-refractivity contribution in [2.75, 3.05) is 25.7 Å². The number of hydrogen-bond acceptors (Lipinski definition) is 4. The van der Waals surface area contributed by atoms with E-state index in [-0.39, 0.29) is 5.91 Å². The van der Waals surface area contributed by atoms with Crippen molar-refractivity contribution in [2.24, 2.45) is 0 Å². The largest absolute Gasteiger partial charge is 0.494 e. The third-order valence-electron chi connectivity index (χ3n) is 4.55. The Labute approximate surface area is 147 Å². The Balaban J connectivity index is 1.91. The number of rotatable bonds is 5. The van der Waals surface area contributed by atoms with Crippen LogP contribution in [0.2, 0.25) is 0 Å². The number of carbonyl (C=O) groups excluding carboxylic acids is 1. The van der Waals surface area contributed by atoms with Gasteiger partial charge in [-0.15, -0.1) is 0 Å². The molecule has 1 aromatic carbocycles. The highest BCUT2D eigenvalue weighted by Crippen LogP contribution is 2.27. The maximum atomic E-state index is 13.0. The highest BCUT2D eigenvalue weighted by atomic mass is 32.2. The van der Waals surface area contributed by atoms with Crippen molar-refractivity contribution in [3.63, 3.8) is 0 Å². The van der Waals surface area contributed by atoms with E-state index < -0.39 is 0 Å². The Bertz CT molecular complexity index is 729. The minimum atomic E-state index is 0.0881. The average Bonchev–Trinajstić information content (AvgIpc) is 3.21. The van der Waals surface area contributed by atoms with E-state index in [9.17, 15) is 4.79 Å². The minimum Gasteiger partial charge on any atom is -0.494 e. The fourth-order valence-electron chi connectivity index (χ4n) is 3.29. The van der Waals surface area contributed by atoms with Gasteiger partial charge in [-0.3, -0.25) is 4.79 Å². The third-order valence-corrected chi connectivity index (χ3v) is 5.27. The number of thioether (sulfide) groups is 1. The van der Waals surface area contributed by atoms with Gasteiger partial charge in [-0.25, -0.2) is 4.68 Å². The summed E-state index contributed by atoms with van der Waals surface area (Å²) in [7, 11) is 1.64. The fraction of sp³-hybridized carbons (Fsp3) is 0.444. The molecule has 1 atom stereocenters. The van der Waals surface area contributed by atoms with E-state index in [0.717, 1.165) is 42.3 Å². The number of methoxy groups -OCH3 is 1. The standard InChI is InChI=1S/C18H23N3O2S/c1-13-15(18(22)20-10-6-7-14(20)12-24-3)11-19-21(13)16-8-4-5-9-17(16)23-2/h4-5,8-9,11,14H,6-7,10,12H2,1-3H3. The quantitative estimate of drug-likeness (QED) is 0.835. The van der Waals surface area contributed by atoms with Crippen LogP contribution in [0.1, 0.15) is 28.9 Å². The van der Waals surface area contributed by atoms with Crippen molar-refractivity contribution in [1.82, 2.24) is 14.7 Å². The van der Waals surface area contributed by atoms with Gasteiger partial charge in [0.25, 0.3) is 5.91 Å². The molecule has 3 rings (SSSR count). The van der Waals surface area contributed by atoms with Gasteiger partial charge < -0.3 is 9.64 Å². The summed E-state index contributed by atoms with van der Waals surface area (Å²) in [5, 5.41) is 4.44. The summed E-state index contributed by atoms with van der Waals surface area (Å²) >= 11 is 1.80. The van der Waals surface area contributed by atoms with Gasteiger partial charge in [0.15, 0.2) is 0 Å². The van der Waals surface area contributed by atoms with Gasteiger partial charge in [0.05, 0.1) is 24.6 Å². The lowest BCUT2D eigenvalue weighted by atomic mass is 10.2. The highest BCUT2D eigenvalue weighted by molar-refractivity contribution is 7.98. The maximum absolute atomic E-state index is 13.0. The second kappa shape index (κ2) is 7.30. The molecule has 5 nitrogen and oxygen atoms in total. The molecule has 1 aliphatic rings. The number of amides is 1. The topological polar surface area (TPSA) is 47.4 Å². The first-order chi connectivity index (χ1) is 11.7. The van der Waals surface area contributed by atoms with Crippen LogP contribution in [0.3, 0.4) is 0 Å². The summed E-state index contributed by atoms with van der Waals surface area (Å²) in [5.74, 6) is 1.82. The Morgan fingerprint density at radius 2 is 2.21 bits per heavy atom. The Morgan fingerprint density at radius 1 is 1.42 bits per heavy atom. The molecule has 1 aromatic heterocycles. The number of likely N-dealkylation sites (tertiary alicyclic amines) is 1. The fourth-order valence-corrected chi connectivity index (χ4v) is 4.02. The predicted molar refractivity (Wildman–Crippen MR) is 97.3 cm³/mol. The summed E-state index contributed by atoms with van der Waals surface area (Å²) < 4.78 is 7.20. The zero-order valence-electron chi connectivity index (χ0n) is 14.4. The zero-order valence-corrected chi connectivity index (χ0v) is 15.2. The van der Waals surface area contributed by atoms with Gasteiger partial charge in [-0.2, -0.15) is 16.9 Å². The first-order valence-electron chi connectivity index (χ1n) is 8.15. The molecule has 0 N–H and O–H groups in total. The molecule has 2 heterocycles. The van der Waals surface area contributed by atoms with E-state index in [2.05, 4.69) is 11.4 Å². The molecular formula is C18H23N3O2S. The van der Waals surface area contributed by atoms with Crippen molar-refractivity contribution in [3.05, 3.63) is 41.7 Å². The SMILES string of the molecule is COc1ccccc1-n1ncc(C(=O)N2CCCC2CSC)c1C. The van der Waals surface area contributed by atoms with Gasteiger partial charge in [-0.05, 0) is 38.2 Å². The third kappa shape index (κ3) is 3.02. The van der Waals surface area contributed by atoms with E-state index >= 15 is 0 Å². The molecule has 1 fully saturated rings. The number of benzene rings is 1. The van der Waals surface area contributed by atoms with Crippen LogP contribution in [-0.4, -0.2) is 52.3 Å². The van der Waals surface area contributed by atoms with Crippen LogP contribution < -0.4 is 4.74 Å². The molecule has 6 heteroatoms. The van der Waals surface area contributed by atoms with E-state index in [1.807, 2.05) is 36.1 Å². The summed E-state index contributed by atoms with van der Waals surface area (Å²) in [6.07, 6.45) is 5.94. The Morgan fingerprint density at radius 3 is 2.96 bits per heavy atom. The van der Waals surface area contributed by atoms with Gasteiger partial charge in [0.1, 0.15) is 11.4 Å². The summed E-state index contributed by atoms with van der Waals surface area (Å²) in [6.45, 7) is 2.77. The highest BCUT2D eigenvalue weighted by Gasteiger charge is 2.31. The van der Waals surface area contributed by atoms with Crippen molar-refractivity contribution in [2.45, 2.75) is 25.8 Å². The van der Waals surface area contributed by atoms with Crippen LogP contribution in [-0.2, 0) is 0 Å². The predicted octanol–water partition coefficient (Wildman–Crippen LogP) is 3.16. The van der Waals surface area contributed by atoms with Crippen molar-refractivity contribution in [1.29, 1.82) is 0 Å². The molecule has 1 unspecified atom stereocenters. The lowest BCUT2D eigenvalue weighted by molar-refractivity contribution is 0.0749. The van der Waals surface area contributed by atoms with E-state index in [0.29, 0.717) is 11.6 Å². The molecule has 0 aliphatic carbocycles. The van der Waals surface area contributed by atoms with Gasteiger partial charge in [-0.1, -0.05) is 12.1 Å². The second-order valence-corrected chi connectivity index (χ2v) is 6.89. The normalized spacial score (nSPS) is 17.3. The smallest absolute Gasteiger partial charge is 0.257 e. The number of para-hydroxylation sites is 2.